The molecule has 5 nitrogen and oxygen atoms in total. The minimum Gasteiger partial charge on any atom is -0.509 e. The number of hydrogen-bond acceptors (Lipinski definition) is 3. The summed E-state index contributed by atoms with van der Waals surface area (Å²) in [5.41, 5.74) is 10.8. The summed E-state index contributed by atoms with van der Waals surface area (Å²) in [6.07, 6.45) is 9.01. The van der Waals surface area contributed by atoms with Gasteiger partial charge in [-0.1, -0.05) is 111 Å². The fraction of sp³-hybridized carbons (Fsp3) is 0.440. The molecule has 3 atom stereocenters. The molecule has 0 fully saturated rings. The molecule has 296 valence electrons. The fourth-order valence-corrected chi connectivity index (χ4v) is 8.96. The van der Waals surface area contributed by atoms with E-state index < -0.39 is 0 Å². The van der Waals surface area contributed by atoms with Gasteiger partial charge >= 0.3 is 21.1 Å². The average Bonchev–Trinajstić information content (AvgIpc) is 3.62. The van der Waals surface area contributed by atoms with Crippen molar-refractivity contribution in [3.05, 3.63) is 119 Å². The van der Waals surface area contributed by atoms with Gasteiger partial charge in [0.05, 0.1) is 5.69 Å². The van der Waals surface area contributed by atoms with Crippen LogP contribution in [0.5, 0.6) is 11.5 Å². The van der Waals surface area contributed by atoms with Crippen molar-refractivity contribution in [2.75, 3.05) is 0 Å². The van der Waals surface area contributed by atoms with E-state index in [-0.39, 0.29) is 37.8 Å². The van der Waals surface area contributed by atoms with Gasteiger partial charge in [0.25, 0.3) is 0 Å². The minimum absolute atomic E-state index is 0. The van der Waals surface area contributed by atoms with Crippen molar-refractivity contribution >= 4 is 21.8 Å². The first-order chi connectivity index (χ1) is 26.0. The molecular weight excluding hydrogens is 868 g/mol. The van der Waals surface area contributed by atoms with Gasteiger partial charge in [0.2, 0.25) is 0 Å². The van der Waals surface area contributed by atoms with Gasteiger partial charge in [0, 0.05) is 40.4 Å². The number of unbranched alkanes of at least 4 members (excludes halogenated alkanes) is 1. The molecule has 0 bridgehead atoms. The monoisotopic (exact) mass is 927 g/mol. The molecule has 3 aromatic heterocycles. The zero-order valence-electron chi connectivity index (χ0n) is 35.6. The van der Waals surface area contributed by atoms with E-state index in [0.717, 1.165) is 52.9 Å². The molecule has 1 aliphatic rings. The van der Waals surface area contributed by atoms with Crippen molar-refractivity contribution in [3.63, 3.8) is 0 Å². The van der Waals surface area contributed by atoms with Crippen molar-refractivity contribution in [3.8, 4) is 23.0 Å². The first-order valence-electron chi connectivity index (χ1n) is 20.5. The Balaban J connectivity index is 0.00000532. The third-order valence-corrected chi connectivity index (χ3v) is 11.8. The van der Waals surface area contributed by atoms with Crippen molar-refractivity contribution in [1.29, 1.82) is 0 Å². The van der Waals surface area contributed by atoms with Gasteiger partial charge in [-0.2, -0.15) is 11.2 Å². The number of hydrogen-bond donors (Lipinski definition) is 0. The zero-order valence-corrected chi connectivity index (χ0v) is 37.9. The number of nitrogens with zero attached hydrogens (tertiary/aromatic N) is 4. The van der Waals surface area contributed by atoms with Crippen LogP contribution in [-0.2, 0) is 27.5 Å². The molecule has 3 aromatic carbocycles. The van der Waals surface area contributed by atoms with Crippen LogP contribution in [-0.4, -0.2) is 19.3 Å². The molecule has 6 aromatic rings. The van der Waals surface area contributed by atoms with Gasteiger partial charge in [-0.05, 0) is 96.5 Å². The van der Waals surface area contributed by atoms with E-state index in [0.29, 0.717) is 29.3 Å². The quantitative estimate of drug-likeness (QED) is 0.107. The number of ether oxygens (including phenoxy) is 1. The van der Waals surface area contributed by atoms with Crippen LogP contribution in [0.4, 0.5) is 0 Å². The van der Waals surface area contributed by atoms with Gasteiger partial charge in [0.1, 0.15) is 5.82 Å². The summed E-state index contributed by atoms with van der Waals surface area (Å²) in [7, 11) is 0. The summed E-state index contributed by atoms with van der Waals surface area (Å²) in [6.45, 7) is 27.9. The molecule has 1 unspecified atom stereocenters. The number of para-hydroxylation sites is 1. The molecule has 6 heteroatoms. The number of benzene rings is 3. The summed E-state index contributed by atoms with van der Waals surface area (Å²) in [6, 6.07) is 28.7. The van der Waals surface area contributed by atoms with Crippen molar-refractivity contribution in [1.82, 2.24) is 19.3 Å². The number of aromatic nitrogens is 4. The molecule has 0 aliphatic heterocycles. The Kier molecular flexibility index (Phi) is 12.0. The molecular formula is C50H60N4OPt. The minimum atomic E-state index is 0. The number of pyridine rings is 1. The molecule has 0 N–H and O–H groups in total. The Morgan fingerprint density at radius 3 is 2.36 bits per heavy atom. The van der Waals surface area contributed by atoms with Crippen LogP contribution in [0.15, 0.2) is 78.5 Å². The number of fused-ring (bicyclic) bond motifs is 3. The van der Waals surface area contributed by atoms with Gasteiger partial charge in [-0.3, -0.25) is 4.68 Å². The summed E-state index contributed by atoms with van der Waals surface area (Å²) in [4.78, 5) is 4.85. The molecule has 0 spiro atoms. The molecule has 0 saturated heterocycles. The van der Waals surface area contributed by atoms with Gasteiger partial charge in [-0.25, -0.2) is 4.98 Å². The second-order valence-corrected chi connectivity index (χ2v) is 18.5. The molecule has 7 rings (SSSR count). The maximum absolute atomic E-state index is 6.74. The van der Waals surface area contributed by atoms with E-state index in [2.05, 4.69) is 165 Å². The molecule has 0 radical (unpaired) electrons. The predicted molar refractivity (Wildman–Crippen MR) is 229 cm³/mol. The summed E-state index contributed by atoms with van der Waals surface area (Å²) in [5.74, 6) is 3.82. The first-order valence-corrected chi connectivity index (χ1v) is 20.5. The standard InChI is InChI=1S/C50H60N4O.Pt/c1-13-14-17-35-22-23-51-46(26-35)53-44-19-16-15-18-40(44)41-21-20-38(30-45(41)53)55-39-28-36(31(2)3)27-37(29-39)54-34(6)47(33(5)52-54)48-42(49(7,8)9)24-32(4)25-43(48)50(10,11)12;/h15-16,18-24,26-28,31-32,43,48H,13-14,17,25H2,1-12H3;/q-2;+2/t32-,43-,48?;/m0./s1. The van der Waals surface area contributed by atoms with Crippen LogP contribution in [0.3, 0.4) is 0 Å². The number of rotatable bonds is 9. The molecule has 56 heavy (non-hydrogen) atoms. The topological polar surface area (TPSA) is 44.9 Å². The van der Waals surface area contributed by atoms with E-state index in [1.165, 1.54) is 39.8 Å². The molecule has 0 amide bonds. The van der Waals surface area contributed by atoms with E-state index in [1.54, 1.807) is 0 Å². The van der Waals surface area contributed by atoms with Crippen LogP contribution in [0, 0.1) is 48.6 Å². The Labute approximate surface area is 350 Å². The fourth-order valence-electron chi connectivity index (χ4n) is 8.96. The third kappa shape index (κ3) is 8.08. The Morgan fingerprint density at radius 2 is 1.66 bits per heavy atom. The number of allylic oxidation sites excluding steroid dienone is 2. The van der Waals surface area contributed by atoms with Crippen LogP contribution < -0.4 is 4.74 Å². The van der Waals surface area contributed by atoms with Crippen molar-refractivity contribution in [2.24, 2.45) is 22.7 Å². The molecule has 1 aliphatic carbocycles. The Bertz CT molecular complexity index is 2380. The van der Waals surface area contributed by atoms with E-state index in [1.807, 2.05) is 12.3 Å². The average molecular weight is 928 g/mol. The maximum Gasteiger partial charge on any atom is 2.00 e. The Hall–Kier alpha value is -3.95. The van der Waals surface area contributed by atoms with Crippen LogP contribution >= 0.6 is 0 Å². The van der Waals surface area contributed by atoms with Gasteiger partial charge in [0.15, 0.2) is 0 Å². The smallest absolute Gasteiger partial charge is 0.509 e. The first kappa shape index (κ1) is 41.7. The second-order valence-electron chi connectivity index (χ2n) is 18.5. The van der Waals surface area contributed by atoms with E-state index in [9.17, 15) is 0 Å². The Morgan fingerprint density at radius 1 is 0.911 bits per heavy atom. The molecule has 3 heterocycles. The van der Waals surface area contributed by atoms with Crippen LogP contribution in [0.2, 0.25) is 0 Å². The zero-order chi connectivity index (χ0) is 39.4. The van der Waals surface area contributed by atoms with Gasteiger partial charge in [-0.15, -0.1) is 41.3 Å². The summed E-state index contributed by atoms with van der Waals surface area (Å²) < 4.78 is 11.1. The normalized spacial score (nSPS) is 17.7. The third-order valence-electron chi connectivity index (χ3n) is 11.8. The number of aryl methyl sites for hydroxylation is 2. The van der Waals surface area contributed by atoms with Crippen LogP contribution in [0.25, 0.3) is 33.3 Å². The second kappa shape index (κ2) is 16.1. The largest absolute Gasteiger partial charge is 2.00 e. The predicted octanol–water partition coefficient (Wildman–Crippen LogP) is 13.6. The molecule has 0 saturated carbocycles. The van der Waals surface area contributed by atoms with E-state index in [4.69, 9.17) is 14.8 Å². The van der Waals surface area contributed by atoms with Crippen molar-refractivity contribution < 1.29 is 25.8 Å². The van der Waals surface area contributed by atoms with Gasteiger partial charge < -0.3 is 9.30 Å². The SMILES string of the molecule is CCCCc1ccnc(-n2c3[c-]c(Oc4[c-]c(-n5nc(C)c(C6C(C(C)(C)C)=C[C@H](C)C[C@@H]6C(C)(C)C)c5C)cc(C(C)C)c4)ccc3c3ccccc32)c1.[Pt+2]. The maximum atomic E-state index is 6.74. The van der Waals surface area contributed by atoms with E-state index >= 15 is 0 Å². The van der Waals surface area contributed by atoms with Crippen LogP contribution in [0.1, 0.15) is 128 Å². The summed E-state index contributed by atoms with van der Waals surface area (Å²) in [5, 5.41) is 7.57. The summed E-state index contributed by atoms with van der Waals surface area (Å²) >= 11 is 0. The van der Waals surface area contributed by atoms with Crippen molar-refractivity contribution in [2.45, 2.75) is 121 Å².